The van der Waals surface area contributed by atoms with Gasteiger partial charge in [0.25, 0.3) is 0 Å². The van der Waals surface area contributed by atoms with Crippen LogP contribution in [0, 0.1) is 10.8 Å². The van der Waals surface area contributed by atoms with Crippen molar-refractivity contribution in [3.8, 4) is 0 Å². The van der Waals surface area contributed by atoms with E-state index in [0.717, 1.165) is 32.1 Å². The molecule has 4 nitrogen and oxygen atoms in total. The molecule has 0 saturated carbocycles. The number of hydrogen-bond acceptors (Lipinski definition) is 4. The summed E-state index contributed by atoms with van der Waals surface area (Å²) in [4.78, 5) is 23.5. The van der Waals surface area contributed by atoms with E-state index in [0.29, 0.717) is 13.2 Å². The predicted octanol–water partition coefficient (Wildman–Crippen LogP) is 4.12. The molecule has 0 aliphatic carbocycles. The van der Waals surface area contributed by atoms with Gasteiger partial charge in [-0.2, -0.15) is 0 Å². The van der Waals surface area contributed by atoms with Crippen molar-refractivity contribution in [3.63, 3.8) is 0 Å². The number of carbonyl (C=O) groups is 2. The molecule has 0 N–H and O–H groups in total. The van der Waals surface area contributed by atoms with Crippen molar-refractivity contribution in [3.05, 3.63) is 0 Å². The van der Waals surface area contributed by atoms with Gasteiger partial charge in [0, 0.05) is 0 Å². The second-order valence-corrected chi connectivity index (χ2v) is 6.77. The van der Waals surface area contributed by atoms with Crippen LogP contribution in [0.25, 0.3) is 0 Å². The Hall–Kier alpha value is -1.06. The van der Waals surface area contributed by atoms with Crippen molar-refractivity contribution in [2.24, 2.45) is 10.8 Å². The number of hydrogen-bond donors (Lipinski definition) is 0. The first kappa shape index (κ1) is 19.9. The molecule has 0 atom stereocenters. The molecular weight excluding hydrogens is 268 g/mol. The Labute approximate surface area is 129 Å². The lowest BCUT2D eigenvalue weighted by Crippen LogP contribution is -2.27. The Morgan fingerprint density at radius 3 is 1.33 bits per heavy atom. The fourth-order valence-electron chi connectivity index (χ4n) is 2.17. The molecule has 0 heterocycles. The molecule has 0 aliphatic heterocycles. The summed E-state index contributed by atoms with van der Waals surface area (Å²) in [5, 5.41) is 0. The Morgan fingerprint density at radius 1 is 0.714 bits per heavy atom. The van der Waals surface area contributed by atoms with Crippen LogP contribution in [0.5, 0.6) is 0 Å². The van der Waals surface area contributed by atoms with Crippen LogP contribution in [0.2, 0.25) is 0 Å². The first-order chi connectivity index (χ1) is 9.67. The average Bonchev–Trinajstić information content (AvgIpc) is 2.38. The van der Waals surface area contributed by atoms with Crippen LogP contribution in [-0.4, -0.2) is 25.2 Å². The third kappa shape index (κ3) is 7.49. The number of unbranched alkanes of at least 4 members (excludes halogenated alkanes) is 2. The van der Waals surface area contributed by atoms with E-state index in [9.17, 15) is 9.59 Å². The van der Waals surface area contributed by atoms with E-state index in [1.54, 1.807) is 0 Å². The van der Waals surface area contributed by atoms with Gasteiger partial charge in [-0.05, 0) is 54.4 Å². The lowest BCUT2D eigenvalue weighted by molar-refractivity contribution is -0.154. The number of carbonyl (C=O) groups excluding carboxylic acids is 2. The van der Waals surface area contributed by atoms with E-state index in [2.05, 4.69) is 0 Å². The monoisotopic (exact) mass is 300 g/mol. The molecule has 0 aromatic heterocycles. The molecule has 0 spiro atoms. The van der Waals surface area contributed by atoms with E-state index in [4.69, 9.17) is 9.47 Å². The Balaban J connectivity index is 4.01. The van der Waals surface area contributed by atoms with E-state index in [1.165, 1.54) is 0 Å². The summed E-state index contributed by atoms with van der Waals surface area (Å²) in [5.41, 5.74) is -0.848. The van der Waals surface area contributed by atoms with Gasteiger partial charge < -0.3 is 9.47 Å². The maximum atomic E-state index is 11.8. The fraction of sp³-hybridized carbons (Fsp3) is 0.882. The molecule has 0 unspecified atom stereocenters. The van der Waals surface area contributed by atoms with Gasteiger partial charge >= 0.3 is 11.9 Å². The van der Waals surface area contributed by atoms with Crippen LogP contribution in [0.3, 0.4) is 0 Å². The number of esters is 2. The second-order valence-electron chi connectivity index (χ2n) is 6.77. The quantitative estimate of drug-likeness (QED) is 0.450. The molecule has 0 bridgehead atoms. The number of ether oxygens (including phenoxy) is 2. The minimum atomic E-state index is -0.424. The molecule has 0 aromatic rings. The van der Waals surface area contributed by atoms with Crippen molar-refractivity contribution in [2.75, 3.05) is 13.2 Å². The SMILES string of the molecule is CCOC(=O)C(C)(C)CCCCCC(C)(C)C(=O)OCC. The molecule has 124 valence electrons. The molecule has 0 fully saturated rings. The fourth-order valence-corrected chi connectivity index (χ4v) is 2.17. The van der Waals surface area contributed by atoms with Gasteiger partial charge in [-0.1, -0.05) is 19.3 Å². The van der Waals surface area contributed by atoms with E-state index in [-0.39, 0.29) is 11.9 Å². The summed E-state index contributed by atoms with van der Waals surface area (Å²) < 4.78 is 10.2. The normalized spacial score (nSPS) is 12.1. The predicted molar refractivity (Wildman–Crippen MR) is 83.9 cm³/mol. The van der Waals surface area contributed by atoms with E-state index in [1.807, 2.05) is 41.5 Å². The zero-order valence-electron chi connectivity index (χ0n) is 14.6. The lowest BCUT2D eigenvalue weighted by Gasteiger charge is -2.23. The molecule has 0 radical (unpaired) electrons. The molecule has 21 heavy (non-hydrogen) atoms. The standard InChI is InChI=1S/C17H32O4/c1-7-20-14(18)16(3,4)12-10-9-11-13-17(5,6)15(19)21-8-2/h7-13H2,1-6H3. The van der Waals surface area contributed by atoms with Gasteiger partial charge in [0.05, 0.1) is 24.0 Å². The minimum absolute atomic E-state index is 0.128. The zero-order chi connectivity index (χ0) is 16.5. The molecule has 0 amide bonds. The van der Waals surface area contributed by atoms with Crippen LogP contribution in [0.1, 0.15) is 73.6 Å². The summed E-state index contributed by atoms with van der Waals surface area (Å²) in [6.45, 7) is 12.2. The topological polar surface area (TPSA) is 52.6 Å². The van der Waals surface area contributed by atoms with Gasteiger partial charge in [0.15, 0.2) is 0 Å². The summed E-state index contributed by atoms with van der Waals surface area (Å²) in [6, 6.07) is 0. The summed E-state index contributed by atoms with van der Waals surface area (Å²) in [6.07, 6.45) is 4.55. The van der Waals surface area contributed by atoms with Crippen molar-refractivity contribution >= 4 is 11.9 Å². The summed E-state index contributed by atoms with van der Waals surface area (Å²) >= 11 is 0. The molecule has 0 aromatic carbocycles. The van der Waals surface area contributed by atoms with Gasteiger partial charge in [-0.25, -0.2) is 0 Å². The van der Waals surface area contributed by atoms with E-state index >= 15 is 0 Å². The number of rotatable bonds is 10. The van der Waals surface area contributed by atoms with Crippen molar-refractivity contribution in [1.29, 1.82) is 0 Å². The highest BCUT2D eigenvalue weighted by molar-refractivity contribution is 5.76. The summed E-state index contributed by atoms with van der Waals surface area (Å²) in [7, 11) is 0. The van der Waals surface area contributed by atoms with Gasteiger partial charge in [-0.15, -0.1) is 0 Å². The zero-order valence-corrected chi connectivity index (χ0v) is 14.6. The van der Waals surface area contributed by atoms with Gasteiger partial charge in [0.1, 0.15) is 0 Å². The Morgan fingerprint density at radius 2 is 1.05 bits per heavy atom. The summed E-state index contributed by atoms with van der Waals surface area (Å²) in [5.74, 6) is -0.256. The molecule has 0 aliphatic rings. The van der Waals surface area contributed by atoms with Crippen LogP contribution < -0.4 is 0 Å². The highest BCUT2D eigenvalue weighted by atomic mass is 16.5. The molecule has 4 heteroatoms. The van der Waals surface area contributed by atoms with Crippen molar-refractivity contribution < 1.29 is 19.1 Å². The maximum Gasteiger partial charge on any atom is 0.311 e. The lowest BCUT2D eigenvalue weighted by atomic mass is 9.84. The van der Waals surface area contributed by atoms with E-state index < -0.39 is 10.8 Å². The largest absolute Gasteiger partial charge is 0.466 e. The Kier molecular flexibility index (Phi) is 8.60. The molecule has 0 rings (SSSR count). The van der Waals surface area contributed by atoms with Crippen molar-refractivity contribution in [1.82, 2.24) is 0 Å². The highest BCUT2D eigenvalue weighted by Gasteiger charge is 2.30. The van der Waals surface area contributed by atoms with Gasteiger partial charge in [-0.3, -0.25) is 9.59 Å². The third-order valence-corrected chi connectivity index (χ3v) is 3.76. The van der Waals surface area contributed by atoms with Crippen LogP contribution >= 0.6 is 0 Å². The molecule has 0 saturated heterocycles. The second kappa shape index (κ2) is 9.06. The van der Waals surface area contributed by atoms with Crippen molar-refractivity contribution in [2.45, 2.75) is 73.6 Å². The minimum Gasteiger partial charge on any atom is -0.466 e. The van der Waals surface area contributed by atoms with Crippen LogP contribution in [0.4, 0.5) is 0 Å². The average molecular weight is 300 g/mol. The first-order valence-corrected chi connectivity index (χ1v) is 8.02. The molecular formula is C17H32O4. The highest BCUT2D eigenvalue weighted by Crippen LogP contribution is 2.28. The third-order valence-electron chi connectivity index (χ3n) is 3.76. The van der Waals surface area contributed by atoms with Gasteiger partial charge in [0.2, 0.25) is 0 Å². The smallest absolute Gasteiger partial charge is 0.311 e. The maximum absolute atomic E-state index is 11.8. The first-order valence-electron chi connectivity index (χ1n) is 8.02. The van der Waals surface area contributed by atoms with Crippen LogP contribution in [0.15, 0.2) is 0 Å². The van der Waals surface area contributed by atoms with Crippen LogP contribution in [-0.2, 0) is 19.1 Å². The Bertz CT molecular complexity index is 300.